The van der Waals surface area contributed by atoms with Crippen LogP contribution < -0.4 is 5.56 Å². The van der Waals surface area contributed by atoms with Crippen LogP contribution in [0.15, 0.2) is 17.1 Å². The van der Waals surface area contributed by atoms with Crippen molar-refractivity contribution in [1.29, 1.82) is 0 Å². The summed E-state index contributed by atoms with van der Waals surface area (Å²) in [5.41, 5.74) is 1.17. The molecule has 5 nitrogen and oxygen atoms in total. The minimum absolute atomic E-state index is 0.0176. The highest BCUT2D eigenvalue weighted by molar-refractivity contribution is 7.11. The second-order valence-electron chi connectivity index (χ2n) is 5.41. The summed E-state index contributed by atoms with van der Waals surface area (Å²) in [5, 5.41) is 0.974. The van der Waals surface area contributed by atoms with Crippen molar-refractivity contribution in [2.75, 3.05) is 7.05 Å². The topological polar surface area (TPSA) is 66.1 Å². The molecule has 2 aromatic rings. The van der Waals surface area contributed by atoms with Gasteiger partial charge in [0.15, 0.2) is 0 Å². The van der Waals surface area contributed by atoms with E-state index in [9.17, 15) is 9.59 Å². The van der Waals surface area contributed by atoms with E-state index in [2.05, 4.69) is 9.97 Å². The minimum atomic E-state index is -0.395. The van der Waals surface area contributed by atoms with Gasteiger partial charge in [-0.3, -0.25) is 9.59 Å². The maximum Gasteiger partial charge on any atom is 0.266 e. The van der Waals surface area contributed by atoms with Crippen molar-refractivity contribution in [2.24, 2.45) is 0 Å². The fourth-order valence-corrected chi connectivity index (χ4v) is 3.93. The summed E-state index contributed by atoms with van der Waals surface area (Å²) in [6, 6.07) is 1.39. The number of thiazole rings is 1. The van der Waals surface area contributed by atoms with E-state index in [4.69, 9.17) is 11.6 Å². The summed E-state index contributed by atoms with van der Waals surface area (Å²) in [7, 11) is 1.72. The van der Waals surface area contributed by atoms with Crippen LogP contribution in [0.5, 0.6) is 0 Å². The van der Waals surface area contributed by atoms with Crippen LogP contribution in [-0.4, -0.2) is 27.8 Å². The molecule has 0 unspecified atom stereocenters. The van der Waals surface area contributed by atoms with Crippen LogP contribution in [0.4, 0.5) is 0 Å². The molecule has 0 spiro atoms. The highest BCUT2D eigenvalue weighted by Crippen LogP contribution is 2.27. The van der Waals surface area contributed by atoms with E-state index in [1.54, 1.807) is 23.3 Å². The van der Waals surface area contributed by atoms with Crippen molar-refractivity contribution in [2.45, 2.75) is 32.2 Å². The van der Waals surface area contributed by atoms with E-state index < -0.39 is 5.56 Å². The Morgan fingerprint density at radius 2 is 2.23 bits per heavy atom. The third kappa shape index (κ3) is 3.08. The Morgan fingerprint density at radius 3 is 2.95 bits per heavy atom. The van der Waals surface area contributed by atoms with Gasteiger partial charge < -0.3 is 9.88 Å². The number of amides is 1. The van der Waals surface area contributed by atoms with Gasteiger partial charge in [0.2, 0.25) is 0 Å². The third-order valence-electron chi connectivity index (χ3n) is 3.71. The molecule has 0 aliphatic heterocycles. The number of hydrogen-bond donors (Lipinski definition) is 1. The minimum Gasteiger partial charge on any atom is -0.335 e. The molecule has 0 atom stereocenters. The predicted octanol–water partition coefficient (Wildman–Crippen LogP) is 2.64. The standard InChI is InChI=1S/C15H16ClN3O2S/c1-19(15(21)9-6-10(16)14(20)17-7-9)8-13-18-11-4-2-3-5-12(11)22-13/h6-7H,2-5,8H2,1H3,(H,17,20). The molecule has 22 heavy (non-hydrogen) atoms. The van der Waals surface area contributed by atoms with Crippen LogP contribution in [0.2, 0.25) is 5.02 Å². The first-order chi connectivity index (χ1) is 10.5. The number of fused-ring (bicyclic) bond motifs is 1. The number of nitrogens with one attached hydrogen (secondary N) is 1. The zero-order valence-corrected chi connectivity index (χ0v) is 13.8. The number of nitrogens with zero attached hydrogens (tertiary/aromatic N) is 2. The lowest BCUT2D eigenvalue weighted by Crippen LogP contribution is -2.27. The quantitative estimate of drug-likeness (QED) is 0.936. The number of H-pyrrole nitrogens is 1. The van der Waals surface area contributed by atoms with Crippen LogP contribution in [0.3, 0.4) is 0 Å². The van der Waals surface area contributed by atoms with Gasteiger partial charge in [-0.05, 0) is 31.7 Å². The summed E-state index contributed by atoms with van der Waals surface area (Å²) in [4.78, 5) is 33.7. The Kier molecular flexibility index (Phi) is 4.31. The Morgan fingerprint density at radius 1 is 1.45 bits per heavy atom. The highest BCUT2D eigenvalue weighted by atomic mass is 35.5. The molecule has 0 radical (unpaired) electrons. The summed E-state index contributed by atoms with van der Waals surface area (Å²) >= 11 is 7.46. The molecule has 116 valence electrons. The van der Waals surface area contributed by atoms with Crippen molar-refractivity contribution in [3.8, 4) is 0 Å². The van der Waals surface area contributed by atoms with E-state index in [0.717, 1.165) is 17.8 Å². The monoisotopic (exact) mass is 337 g/mol. The van der Waals surface area contributed by atoms with Crippen LogP contribution in [0.1, 0.15) is 38.8 Å². The average Bonchev–Trinajstić information content (AvgIpc) is 2.91. The van der Waals surface area contributed by atoms with Gasteiger partial charge in [-0.15, -0.1) is 11.3 Å². The van der Waals surface area contributed by atoms with Gasteiger partial charge in [-0.25, -0.2) is 4.98 Å². The average molecular weight is 338 g/mol. The van der Waals surface area contributed by atoms with E-state index >= 15 is 0 Å². The number of aromatic amines is 1. The Balaban J connectivity index is 1.74. The van der Waals surface area contributed by atoms with Crippen molar-refractivity contribution >= 4 is 28.8 Å². The molecule has 0 saturated carbocycles. The van der Waals surface area contributed by atoms with Crippen molar-refractivity contribution in [1.82, 2.24) is 14.9 Å². The zero-order chi connectivity index (χ0) is 15.7. The third-order valence-corrected chi connectivity index (χ3v) is 5.14. The van der Waals surface area contributed by atoms with E-state index in [-0.39, 0.29) is 10.9 Å². The van der Waals surface area contributed by atoms with E-state index in [1.807, 2.05) is 0 Å². The Bertz CT molecular complexity index is 745. The molecule has 1 aliphatic carbocycles. The van der Waals surface area contributed by atoms with Gasteiger partial charge in [0.1, 0.15) is 10.0 Å². The molecule has 1 amide bonds. The molecular formula is C15H16ClN3O2S. The summed E-state index contributed by atoms with van der Waals surface area (Å²) in [6.07, 6.45) is 5.94. The molecule has 0 fully saturated rings. The summed E-state index contributed by atoms with van der Waals surface area (Å²) in [5.74, 6) is -0.189. The molecule has 0 saturated heterocycles. The molecule has 0 aromatic carbocycles. The van der Waals surface area contributed by atoms with Crippen LogP contribution in [-0.2, 0) is 19.4 Å². The van der Waals surface area contributed by atoms with Gasteiger partial charge >= 0.3 is 0 Å². The molecule has 2 aromatic heterocycles. The Labute approximate surface area is 137 Å². The summed E-state index contributed by atoms with van der Waals surface area (Å²) < 4.78 is 0. The van der Waals surface area contributed by atoms with Gasteiger partial charge in [0.25, 0.3) is 11.5 Å². The maximum absolute atomic E-state index is 12.4. The van der Waals surface area contributed by atoms with Crippen molar-refractivity contribution < 1.29 is 4.79 Å². The van der Waals surface area contributed by atoms with Crippen LogP contribution >= 0.6 is 22.9 Å². The first-order valence-electron chi connectivity index (χ1n) is 7.16. The van der Waals surface area contributed by atoms with Crippen molar-refractivity contribution in [3.63, 3.8) is 0 Å². The number of pyridine rings is 1. The number of aromatic nitrogens is 2. The lowest BCUT2D eigenvalue weighted by Gasteiger charge is -2.15. The van der Waals surface area contributed by atoms with Gasteiger partial charge in [0.05, 0.1) is 17.8 Å². The fourth-order valence-electron chi connectivity index (χ4n) is 2.55. The van der Waals surface area contributed by atoms with Crippen molar-refractivity contribution in [3.05, 3.63) is 48.8 Å². The smallest absolute Gasteiger partial charge is 0.266 e. The maximum atomic E-state index is 12.4. The van der Waals surface area contributed by atoms with Gasteiger partial charge in [-0.1, -0.05) is 11.6 Å². The second kappa shape index (κ2) is 6.22. The molecule has 2 heterocycles. The number of carbonyl (C=O) groups excluding carboxylic acids is 1. The number of carbonyl (C=O) groups is 1. The Hall–Kier alpha value is -1.66. The van der Waals surface area contributed by atoms with Gasteiger partial charge in [-0.2, -0.15) is 0 Å². The molecule has 7 heteroatoms. The SMILES string of the molecule is CN(Cc1nc2c(s1)CCCC2)C(=O)c1c[nH]c(=O)c(Cl)c1. The first kappa shape index (κ1) is 15.2. The lowest BCUT2D eigenvalue weighted by atomic mass is 10.0. The lowest BCUT2D eigenvalue weighted by molar-refractivity contribution is 0.0784. The number of halogens is 1. The molecule has 1 aliphatic rings. The largest absolute Gasteiger partial charge is 0.335 e. The number of aryl methyl sites for hydroxylation is 2. The number of hydrogen-bond acceptors (Lipinski definition) is 4. The summed E-state index contributed by atoms with van der Waals surface area (Å²) in [6.45, 7) is 0.466. The van der Waals surface area contributed by atoms with Crippen LogP contribution in [0, 0.1) is 0 Å². The normalized spacial score (nSPS) is 13.7. The molecular weight excluding hydrogens is 322 g/mol. The second-order valence-corrected chi connectivity index (χ2v) is 6.99. The van der Waals surface area contributed by atoms with Gasteiger partial charge in [0, 0.05) is 18.1 Å². The number of rotatable bonds is 3. The van der Waals surface area contributed by atoms with Crippen LogP contribution in [0.25, 0.3) is 0 Å². The van der Waals surface area contributed by atoms with E-state index in [0.29, 0.717) is 12.1 Å². The zero-order valence-electron chi connectivity index (χ0n) is 12.2. The molecule has 3 rings (SSSR count). The first-order valence-corrected chi connectivity index (χ1v) is 8.35. The molecule has 0 bridgehead atoms. The predicted molar refractivity (Wildman–Crippen MR) is 86.6 cm³/mol. The molecule has 1 N–H and O–H groups in total. The van der Waals surface area contributed by atoms with E-state index in [1.165, 1.54) is 35.7 Å². The highest BCUT2D eigenvalue weighted by Gasteiger charge is 2.18. The fraction of sp³-hybridized carbons (Fsp3) is 0.400.